The molecule has 0 aliphatic carbocycles. The van der Waals surface area contributed by atoms with E-state index in [1.807, 2.05) is 108 Å². The van der Waals surface area contributed by atoms with Crippen LogP contribution >= 0.6 is 23.2 Å². The number of halogens is 2. The monoisotopic (exact) mass is 1060 g/mol. The predicted octanol–water partition coefficient (Wildman–Crippen LogP) is 10.6. The summed E-state index contributed by atoms with van der Waals surface area (Å²) in [5.41, 5.74) is 15.2. The lowest BCUT2D eigenvalue weighted by Crippen LogP contribution is -2.02. The molecule has 12 N–H and O–H groups in total. The number of nitrogens with zero attached hydrogens (tertiary/aromatic N) is 12. The Morgan fingerprint density at radius 1 is 0.382 bits per heavy atom. The smallest absolute Gasteiger partial charge is 0.229 e. The SMILES string of the molecule is CN.CNc1nc(Nc2cnc3[nH]ccc3c2)ncc1C.CNc1ncc(C)c(Nc2cnc3[nH]ccc3c2)n1.Cc1cnc(Cl)nc1Nc1cnc2[nH]ccc2c1.Cc1cnc(Nc2cnc3[nH]ccc3c2)nc1Cl. The Hall–Kier alpha value is -9.58. The number of fused-ring (bicyclic) bond motifs is 4. The standard InChI is InChI=1S/2C13H14N6.2C12H10ClN5.CH5N/c1-8-6-17-13(14-2)19-11(8)18-10-5-9-3-4-15-12(9)16-7-10;1-8-6-17-13(19-11(8)14-2)18-10-5-9-3-4-15-12(9)16-7-10;1-7-5-16-12(13)18-10(7)17-9-4-8-2-3-14-11(8)15-6-9;1-7-5-16-12(18-10(7)13)17-9-4-8-2-3-14-11(8)15-6-9;1-2/h2*3-7H,1-2H3,(H,15,16)(H2,14,17,18,19);2*2-6H,1H3,(H,14,15)(H,16,17,18);2H2,1H3. The molecule has 0 atom stereocenters. The van der Waals surface area contributed by atoms with E-state index >= 15 is 0 Å². The van der Waals surface area contributed by atoms with E-state index in [2.05, 4.69) is 117 Å². The van der Waals surface area contributed by atoms with Gasteiger partial charge in [-0.2, -0.15) is 9.97 Å². The zero-order valence-corrected chi connectivity index (χ0v) is 43.8. The summed E-state index contributed by atoms with van der Waals surface area (Å²) in [6.07, 6.45) is 21.4. The zero-order chi connectivity index (χ0) is 53.6. The largest absolute Gasteiger partial charge is 0.373 e. The number of aromatic amines is 4. The summed E-state index contributed by atoms with van der Waals surface area (Å²) in [4.78, 5) is 63.0. The highest BCUT2D eigenvalue weighted by Gasteiger charge is 2.09. The van der Waals surface area contributed by atoms with Gasteiger partial charge < -0.3 is 57.6 Å². The summed E-state index contributed by atoms with van der Waals surface area (Å²) >= 11 is 11.7. The number of nitrogens with one attached hydrogen (secondary N) is 10. The molecule has 12 rings (SSSR count). The first kappa shape index (κ1) is 52.7. The van der Waals surface area contributed by atoms with Crippen LogP contribution in [0.15, 0.2) is 123 Å². The van der Waals surface area contributed by atoms with Crippen LogP contribution in [0.2, 0.25) is 10.4 Å². The number of hydrogen-bond acceptors (Lipinski definition) is 19. The van der Waals surface area contributed by atoms with Crippen molar-refractivity contribution in [1.29, 1.82) is 0 Å². The first-order chi connectivity index (χ1) is 37.0. The van der Waals surface area contributed by atoms with Crippen LogP contribution in [0.3, 0.4) is 0 Å². The number of anilines is 10. The van der Waals surface area contributed by atoms with Gasteiger partial charge in [0.25, 0.3) is 0 Å². The topological polar surface area (TPSA) is 316 Å². The maximum Gasteiger partial charge on any atom is 0.229 e. The molecule has 0 spiro atoms. The Bertz CT molecular complexity index is 3850. The van der Waals surface area contributed by atoms with Crippen molar-refractivity contribution in [2.24, 2.45) is 5.73 Å². The lowest BCUT2D eigenvalue weighted by molar-refractivity contribution is 1.12. The van der Waals surface area contributed by atoms with Gasteiger partial charge in [-0.15, -0.1) is 0 Å². The molecule has 12 heterocycles. The molecule has 12 aromatic heterocycles. The van der Waals surface area contributed by atoms with Gasteiger partial charge in [-0.1, -0.05) is 11.6 Å². The quantitative estimate of drug-likeness (QED) is 0.0448. The number of nitrogens with two attached hydrogens (primary N) is 1. The van der Waals surface area contributed by atoms with Crippen LogP contribution in [-0.4, -0.2) is 101 Å². The maximum atomic E-state index is 5.95. The molecule has 0 bridgehead atoms. The van der Waals surface area contributed by atoms with E-state index < -0.39 is 0 Å². The van der Waals surface area contributed by atoms with Crippen molar-refractivity contribution in [3.8, 4) is 0 Å². The summed E-state index contributed by atoms with van der Waals surface area (Å²) < 4.78 is 0. The highest BCUT2D eigenvalue weighted by Crippen LogP contribution is 2.25. The number of aromatic nitrogens is 16. The number of pyridine rings is 4. The van der Waals surface area contributed by atoms with Gasteiger partial charge in [-0.3, -0.25) is 0 Å². The van der Waals surface area contributed by atoms with Gasteiger partial charge in [-0.25, -0.2) is 49.8 Å². The molecule has 76 heavy (non-hydrogen) atoms. The van der Waals surface area contributed by atoms with Gasteiger partial charge in [0.1, 0.15) is 45.2 Å². The van der Waals surface area contributed by atoms with Gasteiger partial charge in [-0.05, 0) is 94.9 Å². The Morgan fingerprint density at radius 3 is 1.16 bits per heavy atom. The van der Waals surface area contributed by atoms with Crippen LogP contribution in [0.1, 0.15) is 22.3 Å². The molecule has 386 valence electrons. The minimum absolute atomic E-state index is 0.221. The van der Waals surface area contributed by atoms with Crippen molar-refractivity contribution in [1.82, 2.24) is 79.7 Å². The summed E-state index contributed by atoms with van der Waals surface area (Å²) in [7, 11) is 5.13. The lowest BCUT2D eigenvalue weighted by atomic mass is 10.3. The number of hydrogen-bond donors (Lipinski definition) is 11. The molecule has 0 saturated heterocycles. The van der Waals surface area contributed by atoms with E-state index in [4.69, 9.17) is 23.2 Å². The second kappa shape index (κ2) is 24.9. The molecule has 12 aromatic rings. The Balaban J connectivity index is 0.000000133. The van der Waals surface area contributed by atoms with Crippen LogP contribution < -0.4 is 37.6 Å². The molecule has 0 saturated carbocycles. The minimum Gasteiger partial charge on any atom is -0.373 e. The van der Waals surface area contributed by atoms with E-state index in [1.54, 1.807) is 56.6 Å². The van der Waals surface area contributed by atoms with Crippen LogP contribution in [0.4, 0.5) is 58.0 Å². The van der Waals surface area contributed by atoms with Crippen molar-refractivity contribution < 1.29 is 0 Å². The van der Waals surface area contributed by atoms with E-state index in [0.717, 1.165) is 101 Å². The average Bonchev–Trinajstić information content (AvgIpc) is 4.29. The van der Waals surface area contributed by atoms with Gasteiger partial charge in [0.15, 0.2) is 0 Å². The second-order valence-corrected chi connectivity index (χ2v) is 17.0. The summed E-state index contributed by atoms with van der Waals surface area (Å²) in [5, 5.41) is 23.5. The van der Waals surface area contributed by atoms with Crippen molar-refractivity contribution in [3.05, 3.63) is 156 Å². The molecule has 0 aromatic carbocycles. The van der Waals surface area contributed by atoms with Crippen molar-refractivity contribution in [2.75, 3.05) is 53.0 Å². The van der Waals surface area contributed by atoms with Crippen LogP contribution in [-0.2, 0) is 0 Å². The Labute approximate surface area is 445 Å². The molecule has 0 aliphatic heterocycles. The van der Waals surface area contributed by atoms with Gasteiger partial charge >= 0.3 is 0 Å². The molecular formula is C51H53Cl2N23. The number of aryl methyl sites for hydroxylation is 4. The first-order valence-corrected chi connectivity index (χ1v) is 24.1. The third kappa shape index (κ3) is 13.5. The molecule has 25 heteroatoms. The third-order valence-corrected chi connectivity index (χ3v) is 11.5. The highest BCUT2D eigenvalue weighted by molar-refractivity contribution is 6.30. The van der Waals surface area contributed by atoms with E-state index in [1.165, 1.54) is 7.05 Å². The summed E-state index contributed by atoms with van der Waals surface area (Å²) in [6, 6.07) is 15.9. The fourth-order valence-corrected chi connectivity index (χ4v) is 7.30. The summed E-state index contributed by atoms with van der Waals surface area (Å²) in [6.45, 7) is 7.70. The number of H-pyrrole nitrogens is 4. The van der Waals surface area contributed by atoms with Crippen molar-refractivity contribution in [2.45, 2.75) is 27.7 Å². The minimum atomic E-state index is 0.221. The maximum absolute atomic E-state index is 5.95. The van der Waals surface area contributed by atoms with Gasteiger partial charge in [0, 0.05) is 107 Å². The highest BCUT2D eigenvalue weighted by atomic mass is 35.5. The number of rotatable bonds is 10. The molecule has 0 fully saturated rings. The predicted molar refractivity (Wildman–Crippen MR) is 304 cm³/mol. The van der Waals surface area contributed by atoms with Crippen molar-refractivity contribution in [3.63, 3.8) is 0 Å². The molecule has 0 aliphatic rings. The fraction of sp³-hybridized carbons (Fsp3) is 0.137. The molecule has 0 amide bonds. The summed E-state index contributed by atoms with van der Waals surface area (Å²) in [5.74, 6) is 3.87. The first-order valence-electron chi connectivity index (χ1n) is 23.4. The van der Waals surface area contributed by atoms with Crippen molar-refractivity contribution >= 4 is 125 Å². The molecule has 0 unspecified atom stereocenters. The zero-order valence-electron chi connectivity index (χ0n) is 42.2. The van der Waals surface area contributed by atoms with Crippen LogP contribution in [0.5, 0.6) is 0 Å². The lowest BCUT2D eigenvalue weighted by Gasteiger charge is -2.09. The Morgan fingerprint density at radius 2 is 0.737 bits per heavy atom. The van der Waals surface area contributed by atoms with Crippen LogP contribution in [0.25, 0.3) is 44.1 Å². The molecular weight excluding hydrogens is 1010 g/mol. The van der Waals surface area contributed by atoms with Gasteiger partial charge in [0.05, 0.1) is 47.5 Å². The second-order valence-electron chi connectivity index (χ2n) is 16.3. The van der Waals surface area contributed by atoms with E-state index in [-0.39, 0.29) is 5.28 Å². The van der Waals surface area contributed by atoms with Crippen LogP contribution in [0, 0.1) is 27.7 Å². The molecule has 0 radical (unpaired) electrons. The Kier molecular flexibility index (Phi) is 17.3. The van der Waals surface area contributed by atoms with E-state index in [9.17, 15) is 0 Å². The average molecular weight is 1060 g/mol. The van der Waals surface area contributed by atoms with Gasteiger partial charge in [0.2, 0.25) is 23.1 Å². The normalized spacial score (nSPS) is 10.5. The molecule has 23 nitrogen and oxygen atoms in total. The fourth-order valence-electron chi connectivity index (χ4n) is 7.04. The van der Waals surface area contributed by atoms with E-state index in [0.29, 0.717) is 28.8 Å². The third-order valence-electron chi connectivity index (χ3n) is 10.9.